The molecule has 0 bridgehead atoms. The number of ether oxygens (including phenoxy) is 1. The molecule has 0 aliphatic carbocycles. The van der Waals surface area contributed by atoms with Gasteiger partial charge in [-0.1, -0.05) is 36.2 Å². The lowest BCUT2D eigenvalue weighted by atomic mass is 10.0. The number of likely N-dealkylation sites (tertiary alicyclic amines) is 1. The van der Waals surface area contributed by atoms with Gasteiger partial charge in [-0.3, -0.25) is 14.5 Å². The third-order valence-corrected chi connectivity index (χ3v) is 5.74. The second-order valence-corrected chi connectivity index (χ2v) is 8.07. The quantitative estimate of drug-likeness (QED) is 0.648. The number of carbonyl (C=O) groups excluding carboxylic acids is 2. The van der Waals surface area contributed by atoms with Gasteiger partial charge in [-0.25, -0.2) is 0 Å². The number of hydrogen-bond acceptors (Lipinski definition) is 4. The Morgan fingerprint density at radius 2 is 1.77 bits per heavy atom. The normalized spacial score (nSPS) is 15.2. The van der Waals surface area contributed by atoms with Crippen molar-refractivity contribution in [3.63, 3.8) is 0 Å². The Morgan fingerprint density at radius 3 is 2.45 bits per heavy atom. The summed E-state index contributed by atoms with van der Waals surface area (Å²) >= 11 is 0. The maximum absolute atomic E-state index is 12.4. The van der Waals surface area contributed by atoms with Crippen molar-refractivity contribution >= 4 is 11.8 Å². The zero-order chi connectivity index (χ0) is 22.1. The molecule has 31 heavy (non-hydrogen) atoms. The van der Waals surface area contributed by atoms with Crippen LogP contribution in [0.15, 0.2) is 48.5 Å². The summed E-state index contributed by atoms with van der Waals surface area (Å²) in [7, 11) is 1.66. The molecule has 2 aromatic carbocycles. The van der Waals surface area contributed by atoms with E-state index in [0.29, 0.717) is 18.7 Å². The fraction of sp³-hybridized carbons (Fsp3) is 0.440. The van der Waals surface area contributed by atoms with Gasteiger partial charge in [0.05, 0.1) is 13.2 Å². The van der Waals surface area contributed by atoms with Crippen molar-refractivity contribution in [3.8, 4) is 5.75 Å². The van der Waals surface area contributed by atoms with Gasteiger partial charge in [0.15, 0.2) is 0 Å². The van der Waals surface area contributed by atoms with Crippen LogP contribution in [0.4, 0.5) is 0 Å². The Kier molecular flexibility index (Phi) is 8.47. The van der Waals surface area contributed by atoms with E-state index >= 15 is 0 Å². The second kappa shape index (κ2) is 11.5. The van der Waals surface area contributed by atoms with E-state index in [1.54, 1.807) is 13.2 Å². The van der Waals surface area contributed by atoms with Crippen LogP contribution in [0.25, 0.3) is 0 Å². The number of hydrogen-bond donors (Lipinski definition) is 2. The average Bonchev–Trinajstić information content (AvgIpc) is 2.80. The second-order valence-electron chi connectivity index (χ2n) is 8.07. The number of rotatable bonds is 9. The predicted molar refractivity (Wildman–Crippen MR) is 122 cm³/mol. The molecule has 2 aromatic rings. The van der Waals surface area contributed by atoms with Crippen LogP contribution < -0.4 is 15.4 Å². The molecule has 1 fully saturated rings. The highest BCUT2D eigenvalue weighted by molar-refractivity contribution is 5.94. The lowest BCUT2D eigenvalue weighted by Gasteiger charge is -2.35. The Hall–Kier alpha value is -2.86. The van der Waals surface area contributed by atoms with Crippen LogP contribution in [-0.4, -0.2) is 50.0 Å². The maximum atomic E-state index is 12.4. The van der Waals surface area contributed by atoms with Crippen LogP contribution in [0.3, 0.4) is 0 Å². The molecular weight excluding hydrogens is 390 g/mol. The van der Waals surface area contributed by atoms with Gasteiger partial charge in [-0.15, -0.1) is 0 Å². The van der Waals surface area contributed by atoms with Crippen molar-refractivity contribution in [2.75, 3.05) is 33.3 Å². The predicted octanol–water partition coefficient (Wildman–Crippen LogP) is 3.47. The molecule has 166 valence electrons. The molecule has 0 aromatic heterocycles. The summed E-state index contributed by atoms with van der Waals surface area (Å²) < 4.78 is 5.28. The first kappa shape index (κ1) is 22.8. The van der Waals surface area contributed by atoms with Gasteiger partial charge in [-0.2, -0.15) is 0 Å². The van der Waals surface area contributed by atoms with Crippen LogP contribution in [0.5, 0.6) is 5.75 Å². The number of carbonyl (C=O) groups is 2. The molecule has 1 unspecified atom stereocenters. The monoisotopic (exact) mass is 423 g/mol. The van der Waals surface area contributed by atoms with Gasteiger partial charge in [0.1, 0.15) is 5.75 Å². The maximum Gasteiger partial charge on any atom is 0.251 e. The van der Waals surface area contributed by atoms with Crippen molar-refractivity contribution < 1.29 is 14.3 Å². The summed E-state index contributed by atoms with van der Waals surface area (Å²) in [6.07, 6.45) is 3.89. The molecule has 6 nitrogen and oxygen atoms in total. The highest BCUT2D eigenvalue weighted by atomic mass is 16.5. The Bertz CT molecular complexity index is 861. The smallest absolute Gasteiger partial charge is 0.251 e. The van der Waals surface area contributed by atoms with Crippen molar-refractivity contribution in [2.45, 2.75) is 38.6 Å². The zero-order valence-corrected chi connectivity index (χ0v) is 18.5. The summed E-state index contributed by atoms with van der Waals surface area (Å²) in [6.45, 7) is 4.90. The standard InChI is InChI=1S/C25H33N3O3/c1-19-7-6-8-21(17-19)25(30)26-14-13-24(29)27-18-23(28-15-4-3-5-16-28)20-9-11-22(31-2)12-10-20/h6-12,17,23H,3-5,13-16,18H2,1-2H3,(H,26,30)(H,27,29). The van der Waals surface area contributed by atoms with E-state index in [-0.39, 0.29) is 24.3 Å². The minimum absolute atomic E-state index is 0.0555. The molecule has 1 heterocycles. The molecule has 2 amide bonds. The SMILES string of the molecule is COc1ccc(C(CNC(=O)CCNC(=O)c2cccc(C)c2)N2CCCCC2)cc1. The van der Waals surface area contributed by atoms with Gasteiger partial charge >= 0.3 is 0 Å². The summed E-state index contributed by atoms with van der Waals surface area (Å²) in [5.41, 5.74) is 2.83. The highest BCUT2D eigenvalue weighted by Gasteiger charge is 2.23. The number of aryl methyl sites for hydroxylation is 1. The Labute approximate surface area is 185 Å². The molecule has 6 heteroatoms. The first-order chi connectivity index (χ1) is 15.1. The van der Waals surface area contributed by atoms with Crippen LogP contribution in [0.2, 0.25) is 0 Å². The van der Waals surface area contributed by atoms with E-state index in [1.165, 1.54) is 24.8 Å². The third kappa shape index (κ3) is 6.82. The Morgan fingerprint density at radius 1 is 1.03 bits per heavy atom. The van der Waals surface area contributed by atoms with E-state index in [0.717, 1.165) is 24.4 Å². The van der Waals surface area contributed by atoms with E-state index in [2.05, 4.69) is 27.7 Å². The minimum atomic E-state index is -0.152. The topological polar surface area (TPSA) is 70.7 Å². The van der Waals surface area contributed by atoms with Crippen molar-refractivity contribution in [1.82, 2.24) is 15.5 Å². The molecule has 1 atom stereocenters. The van der Waals surface area contributed by atoms with E-state index in [9.17, 15) is 9.59 Å². The largest absolute Gasteiger partial charge is 0.497 e. The first-order valence-corrected chi connectivity index (χ1v) is 11.1. The lowest BCUT2D eigenvalue weighted by molar-refractivity contribution is -0.121. The number of nitrogens with one attached hydrogen (secondary N) is 2. The zero-order valence-electron chi connectivity index (χ0n) is 18.5. The summed E-state index contributed by atoms with van der Waals surface area (Å²) in [4.78, 5) is 27.1. The molecule has 0 saturated carbocycles. The average molecular weight is 424 g/mol. The lowest BCUT2D eigenvalue weighted by Crippen LogP contribution is -2.41. The van der Waals surface area contributed by atoms with Crippen molar-refractivity contribution in [2.24, 2.45) is 0 Å². The van der Waals surface area contributed by atoms with E-state index < -0.39 is 0 Å². The number of amides is 2. The van der Waals surface area contributed by atoms with Gasteiger partial charge in [0.25, 0.3) is 5.91 Å². The van der Waals surface area contributed by atoms with Crippen LogP contribution >= 0.6 is 0 Å². The molecule has 1 saturated heterocycles. The van der Waals surface area contributed by atoms with E-state index in [1.807, 2.05) is 37.3 Å². The van der Waals surface area contributed by atoms with Crippen LogP contribution in [-0.2, 0) is 4.79 Å². The first-order valence-electron chi connectivity index (χ1n) is 11.1. The number of piperidine rings is 1. The molecule has 3 rings (SSSR count). The summed E-state index contributed by atoms with van der Waals surface area (Å²) in [6, 6.07) is 15.6. The van der Waals surface area contributed by atoms with Gasteiger partial charge in [0.2, 0.25) is 5.91 Å². The molecule has 0 spiro atoms. The molecule has 1 aliphatic heterocycles. The fourth-order valence-electron chi connectivity index (χ4n) is 3.99. The summed E-state index contributed by atoms with van der Waals surface area (Å²) in [5, 5.41) is 5.89. The van der Waals surface area contributed by atoms with E-state index in [4.69, 9.17) is 4.74 Å². The summed E-state index contributed by atoms with van der Waals surface area (Å²) in [5.74, 6) is 0.621. The number of nitrogens with zero attached hydrogens (tertiary/aromatic N) is 1. The fourth-order valence-corrected chi connectivity index (χ4v) is 3.99. The number of methoxy groups -OCH3 is 1. The molecular formula is C25H33N3O3. The van der Waals surface area contributed by atoms with Gasteiger partial charge in [-0.05, 0) is 62.7 Å². The molecule has 1 aliphatic rings. The minimum Gasteiger partial charge on any atom is -0.497 e. The highest BCUT2D eigenvalue weighted by Crippen LogP contribution is 2.25. The van der Waals surface area contributed by atoms with Gasteiger partial charge < -0.3 is 15.4 Å². The van der Waals surface area contributed by atoms with Crippen molar-refractivity contribution in [3.05, 3.63) is 65.2 Å². The molecule has 2 N–H and O–H groups in total. The third-order valence-electron chi connectivity index (χ3n) is 5.74. The van der Waals surface area contributed by atoms with Crippen LogP contribution in [0, 0.1) is 6.92 Å². The molecule has 0 radical (unpaired) electrons. The number of benzene rings is 2. The van der Waals surface area contributed by atoms with Crippen LogP contribution in [0.1, 0.15) is 53.2 Å². The Balaban J connectivity index is 1.51. The van der Waals surface area contributed by atoms with Gasteiger partial charge in [0, 0.05) is 25.1 Å². The van der Waals surface area contributed by atoms with Crippen molar-refractivity contribution in [1.29, 1.82) is 0 Å².